The number of benzene rings is 2. The molecule has 136 valence electrons. The molecule has 0 unspecified atom stereocenters. The Kier molecular flexibility index (Phi) is 4.64. The second kappa shape index (κ2) is 7.24. The number of nitro benzene ring substituents is 1. The SMILES string of the molecule is O=C(c1cc2ccccc2o1)N1CCN=C1SCc1ccc([N+](=O)[O-])cc1. The smallest absolute Gasteiger partial charge is 0.295 e. The number of aliphatic imine (C=N–C) groups is 1. The quantitative estimate of drug-likeness (QED) is 0.502. The highest BCUT2D eigenvalue weighted by atomic mass is 32.2. The summed E-state index contributed by atoms with van der Waals surface area (Å²) in [6.45, 7) is 1.06. The Bertz CT molecular complexity index is 1010. The number of fused-ring (bicyclic) bond motifs is 1. The average molecular weight is 381 g/mol. The molecule has 0 atom stereocenters. The fraction of sp³-hybridized carbons (Fsp3) is 0.158. The molecule has 8 heteroatoms. The van der Waals surface area contributed by atoms with Gasteiger partial charge in [0.05, 0.1) is 11.5 Å². The number of carbonyl (C=O) groups excluding carboxylic acids is 1. The van der Waals surface area contributed by atoms with E-state index in [9.17, 15) is 14.9 Å². The van der Waals surface area contributed by atoms with Crippen molar-refractivity contribution in [2.75, 3.05) is 13.1 Å². The lowest BCUT2D eigenvalue weighted by Crippen LogP contribution is -2.32. The first-order chi connectivity index (χ1) is 13.1. The fourth-order valence-corrected chi connectivity index (χ4v) is 3.82. The number of hydrogen-bond donors (Lipinski definition) is 0. The lowest BCUT2D eigenvalue weighted by molar-refractivity contribution is -0.384. The Hall–Kier alpha value is -3.13. The summed E-state index contributed by atoms with van der Waals surface area (Å²) in [7, 11) is 0. The maximum absolute atomic E-state index is 12.8. The van der Waals surface area contributed by atoms with Gasteiger partial charge < -0.3 is 4.42 Å². The van der Waals surface area contributed by atoms with Gasteiger partial charge in [0, 0.05) is 29.8 Å². The van der Waals surface area contributed by atoms with Gasteiger partial charge in [-0.3, -0.25) is 24.8 Å². The highest BCUT2D eigenvalue weighted by Gasteiger charge is 2.27. The van der Waals surface area contributed by atoms with Crippen molar-refractivity contribution in [2.45, 2.75) is 5.75 Å². The van der Waals surface area contributed by atoms with Crippen LogP contribution in [-0.2, 0) is 5.75 Å². The number of non-ortho nitro benzene ring substituents is 1. The van der Waals surface area contributed by atoms with E-state index in [0.29, 0.717) is 35.4 Å². The van der Waals surface area contributed by atoms with Crippen molar-refractivity contribution in [1.82, 2.24) is 4.90 Å². The molecule has 1 aromatic heterocycles. The molecule has 2 heterocycles. The van der Waals surface area contributed by atoms with Crippen LogP contribution in [0.5, 0.6) is 0 Å². The van der Waals surface area contributed by atoms with Gasteiger partial charge in [-0.25, -0.2) is 0 Å². The molecule has 3 aromatic rings. The van der Waals surface area contributed by atoms with E-state index in [-0.39, 0.29) is 11.6 Å². The van der Waals surface area contributed by atoms with Crippen molar-refractivity contribution >= 4 is 39.5 Å². The number of nitro groups is 1. The minimum Gasteiger partial charge on any atom is -0.451 e. The molecule has 0 spiro atoms. The van der Waals surface area contributed by atoms with Gasteiger partial charge in [-0.05, 0) is 17.7 Å². The van der Waals surface area contributed by atoms with Gasteiger partial charge >= 0.3 is 0 Å². The van der Waals surface area contributed by atoms with Crippen LogP contribution in [0.25, 0.3) is 11.0 Å². The molecule has 1 aliphatic rings. The van der Waals surface area contributed by atoms with E-state index in [2.05, 4.69) is 4.99 Å². The molecule has 1 aliphatic heterocycles. The van der Waals surface area contributed by atoms with Gasteiger partial charge in [0.25, 0.3) is 11.6 Å². The topological polar surface area (TPSA) is 89.0 Å². The summed E-state index contributed by atoms with van der Waals surface area (Å²) >= 11 is 1.43. The Morgan fingerprint density at radius 2 is 2.00 bits per heavy atom. The van der Waals surface area contributed by atoms with E-state index in [1.165, 1.54) is 23.9 Å². The summed E-state index contributed by atoms with van der Waals surface area (Å²) in [5.74, 6) is 0.654. The van der Waals surface area contributed by atoms with E-state index in [1.54, 1.807) is 23.1 Å². The Morgan fingerprint density at radius 3 is 2.74 bits per heavy atom. The predicted molar refractivity (Wildman–Crippen MR) is 104 cm³/mol. The lowest BCUT2D eigenvalue weighted by Gasteiger charge is -2.16. The number of furan rings is 1. The Balaban J connectivity index is 1.45. The van der Waals surface area contributed by atoms with Gasteiger partial charge in [0.1, 0.15) is 5.58 Å². The normalized spacial score (nSPS) is 13.8. The molecule has 0 saturated heterocycles. The van der Waals surface area contributed by atoms with Gasteiger partial charge in [-0.2, -0.15) is 0 Å². The van der Waals surface area contributed by atoms with E-state index in [1.807, 2.05) is 24.3 Å². The fourth-order valence-electron chi connectivity index (χ4n) is 2.82. The van der Waals surface area contributed by atoms with E-state index in [0.717, 1.165) is 10.9 Å². The van der Waals surface area contributed by atoms with Gasteiger partial charge in [-0.15, -0.1) is 0 Å². The molecule has 0 bridgehead atoms. The first-order valence-electron chi connectivity index (χ1n) is 8.33. The largest absolute Gasteiger partial charge is 0.451 e. The minimum absolute atomic E-state index is 0.0589. The third-order valence-corrected chi connectivity index (χ3v) is 5.28. The highest BCUT2D eigenvalue weighted by molar-refractivity contribution is 8.13. The third-order valence-electron chi connectivity index (χ3n) is 4.20. The molecule has 0 aliphatic carbocycles. The number of amidine groups is 1. The highest BCUT2D eigenvalue weighted by Crippen LogP contribution is 2.25. The van der Waals surface area contributed by atoms with Crippen molar-refractivity contribution in [1.29, 1.82) is 0 Å². The summed E-state index contributed by atoms with van der Waals surface area (Å²) in [5.41, 5.74) is 1.66. The van der Waals surface area contributed by atoms with Crippen molar-refractivity contribution < 1.29 is 14.1 Å². The summed E-state index contributed by atoms with van der Waals surface area (Å²) < 4.78 is 5.67. The summed E-state index contributed by atoms with van der Waals surface area (Å²) in [6.07, 6.45) is 0. The van der Waals surface area contributed by atoms with Crippen molar-refractivity contribution in [2.24, 2.45) is 4.99 Å². The van der Waals surface area contributed by atoms with Crippen LogP contribution in [0.15, 0.2) is 64.0 Å². The van der Waals surface area contributed by atoms with Crippen LogP contribution in [0, 0.1) is 10.1 Å². The molecule has 27 heavy (non-hydrogen) atoms. The number of nitrogens with zero attached hydrogens (tertiary/aromatic N) is 3. The molecule has 2 aromatic carbocycles. The minimum atomic E-state index is -0.425. The molecular weight excluding hydrogens is 366 g/mol. The second-order valence-electron chi connectivity index (χ2n) is 5.98. The molecule has 7 nitrogen and oxygen atoms in total. The maximum atomic E-state index is 12.8. The van der Waals surface area contributed by atoms with Crippen molar-refractivity contribution in [3.63, 3.8) is 0 Å². The molecule has 0 radical (unpaired) electrons. The van der Waals surface area contributed by atoms with Crippen LogP contribution in [0.4, 0.5) is 5.69 Å². The number of carbonyl (C=O) groups is 1. The zero-order valence-electron chi connectivity index (χ0n) is 14.2. The van der Waals surface area contributed by atoms with Gasteiger partial charge in [0.15, 0.2) is 10.9 Å². The lowest BCUT2D eigenvalue weighted by atomic mass is 10.2. The second-order valence-corrected chi connectivity index (χ2v) is 6.92. The molecule has 0 saturated carbocycles. The van der Waals surface area contributed by atoms with Crippen LogP contribution >= 0.6 is 11.8 Å². The van der Waals surface area contributed by atoms with Crippen LogP contribution in [0.2, 0.25) is 0 Å². The van der Waals surface area contributed by atoms with Crippen molar-refractivity contribution in [3.8, 4) is 0 Å². The van der Waals surface area contributed by atoms with Crippen LogP contribution in [0.1, 0.15) is 16.1 Å². The number of para-hydroxylation sites is 1. The van der Waals surface area contributed by atoms with E-state index >= 15 is 0 Å². The first kappa shape index (κ1) is 17.3. The summed E-state index contributed by atoms with van der Waals surface area (Å²) in [6, 6.07) is 15.6. The zero-order valence-corrected chi connectivity index (χ0v) is 15.0. The van der Waals surface area contributed by atoms with Crippen LogP contribution < -0.4 is 0 Å². The maximum Gasteiger partial charge on any atom is 0.295 e. The van der Waals surface area contributed by atoms with E-state index in [4.69, 9.17) is 4.42 Å². The molecule has 0 N–H and O–H groups in total. The van der Waals surface area contributed by atoms with Gasteiger partial charge in [-0.1, -0.05) is 42.1 Å². The monoisotopic (exact) mass is 381 g/mol. The van der Waals surface area contributed by atoms with E-state index < -0.39 is 4.92 Å². The standard InChI is InChI=1S/C19H15N3O4S/c23-18(17-11-14-3-1-2-4-16(14)26-17)21-10-9-20-19(21)27-12-13-5-7-15(8-6-13)22(24)25/h1-8,11H,9-10,12H2. The van der Waals surface area contributed by atoms with Gasteiger partial charge in [0.2, 0.25) is 0 Å². The number of thioether (sulfide) groups is 1. The number of hydrogen-bond acceptors (Lipinski definition) is 6. The average Bonchev–Trinajstić information content (AvgIpc) is 3.32. The predicted octanol–water partition coefficient (Wildman–Crippen LogP) is 4.09. The Morgan fingerprint density at radius 1 is 1.22 bits per heavy atom. The summed E-state index contributed by atoms with van der Waals surface area (Å²) in [4.78, 5) is 29.2. The van der Waals surface area contributed by atoms with Crippen LogP contribution in [-0.4, -0.2) is 34.0 Å². The van der Waals surface area contributed by atoms with Crippen LogP contribution in [0.3, 0.4) is 0 Å². The molecular formula is C19H15N3O4S. The number of amides is 1. The third kappa shape index (κ3) is 3.56. The zero-order chi connectivity index (χ0) is 18.8. The van der Waals surface area contributed by atoms with Crippen molar-refractivity contribution in [3.05, 3.63) is 76.0 Å². The summed E-state index contributed by atoms with van der Waals surface area (Å²) in [5, 5.41) is 12.2. The Labute approximate surface area is 158 Å². The number of rotatable bonds is 4. The molecule has 0 fully saturated rings. The molecule has 4 rings (SSSR count). The molecule has 1 amide bonds. The first-order valence-corrected chi connectivity index (χ1v) is 9.31.